The fraction of sp³-hybridized carbons (Fsp3) is 0.600. The normalized spacial score (nSPS) is 21.0. The maximum absolute atomic E-state index is 9.07. The first-order chi connectivity index (χ1) is 8.19. The van der Waals surface area contributed by atoms with Gasteiger partial charge in [-0.3, -0.25) is 4.90 Å². The van der Waals surface area contributed by atoms with E-state index >= 15 is 0 Å². The zero-order valence-electron chi connectivity index (χ0n) is 10.9. The number of hydrogen-bond donors (Lipinski definition) is 1. The Labute approximate surface area is 104 Å². The van der Waals surface area contributed by atoms with Crippen molar-refractivity contribution in [2.75, 3.05) is 13.2 Å². The van der Waals surface area contributed by atoms with Crippen LogP contribution >= 0.6 is 0 Å². The number of nitrogens with zero attached hydrogens (tertiary/aromatic N) is 1. The van der Waals surface area contributed by atoms with E-state index in [9.17, 15) is 0 Å². The summed E-state index contributed by atoms with van der Waals surface area (Å²) < 4.78 is 0. The summed E-state index contributed by atoms with van der Waals surface area (Å²) in [6.07, 6.45) is 3.44. The summed E-state index contributed by atoms with van der Waals surface area (Å²) >= 11 is 0. The molecule has 2 nitrogen and oxygen atoms in total. The van der Waals surface area contributed by atoms with E-state index in [1.54, 1.807) is 0 Å². The zero-order valence-corrected chi connectivity index (χ0v) is 10.9. The summed E-state index contributed by atoms with van der Waals surface area (Å²) in [6, 6.07) is 7.36. The van der Waals surface area contributed by atoms with Crippen LogP contribution in [-0.2, 0) is 6.54 Å². The molecule has 1 heterocycles. The van der Waals surface area contributed by atoms with Gasteiger partial charge in [-0.25, -0.2) is 0 Å². The number of likely N-dealkylation sites (tertiary alicyclic amines) is 1. The average molecular weight is 233 g/mol. The lowest BCUT2D eigenvalue weighted by atomic mass is 10.1. The van der Waals surface area contributed by atoms with Crippen LogP contribution in [0.5, 0.6) is 0 Å². The van der Waals surface area contributed by atoms with Crippen molar-refractivity contribution in [1.29, 1.82) is 0 Å². The molecule has 1 fully saturated rings. The molecular weight excluding hydrogens is 210 g/mol. The highest BCUT2D eigenvalue weighted by molar-refractivity contribution is 5.28. The topological polar surface area (TPSA) is 23.5 Å². The lowest BCUT2D eigenvalue weighted by Gasteiger charge is -2.24. The number of aliphatic hydroxyl groups is 1. The Kier molecular flexibility index (Phi) is 4.19. The van der Waals surface area contributed by atoms with Gasteiger partial charge in [-0.1, -0.05) is 29.3 Å². The van der Waals surface area contributed by atoms with Gasteiger partial charge in [-0.15, -0.1) is 0 Å². The largest absolute Gasteiger partial charge is 0.396 e. The Hall–Kier alpha value is -0.860. The van der Waals surface area contributed by atoms with E-state index in [0.29, 0.717) is 12.6 Å². The molecule has 1 saturated heterocycles. The molecule has 1 aliphatic rings. The van der Waals surface area contributed by atoms with E-state index in [1.807, 2.05) is 0 Å². The average Bonchev–Trinajstić information content (AvgIpc) is 2.65. The molecule has 0 aromatic heterocycles. The van der Waals surface area contributed by atoms with Gasteiger partial charge in [-0.05, 0) is 45.2 Å². The third-order valence-corrected chi connectivity index (χ3v) is 3.63. The Balaban J connectivity index is 2.04. The molecule has 1 aromatic carbocycles. The Morgan fingerprint density at radius 3 is 2.59 bits per heavy atom. The molecule has 1 N–H and O–H groups in total. The molecule has 1 atom stereocenters. The van der Waals surface area contributed by atoms with Crippen LogP contribution in [0.4, 0.5) is 0 Å². The summed E-state index contributed by atoms with van der Waals surface area (Å²) in [4.78, 5) is 2.52. The molecule has 94 valence electrons. The van der Waals surface area contributed by atoms with E-state index in [1.165, 1.54) is 36.1 Å². The summed E-state index contributed by atoms with van der Waals surface area (Å²) in [6.45, 7) is 6.84. The fourth-order valence-electron chi connectivity index (χ4n) is 2.97. The van der Waals surface area contributed by atoms with Crippen LogP contribution in [-0.4, -0.2) is 29.2 Å². The number of aliphatic hydroxyl groups excluding tert-OH is 1. The van der Waals surface area contributed by atoms with Crippen LogP contribution in [0.25, 0.3) is 0 Å². The first kappa shape index (κ1) is 12.6. The minimum absolute atomic E-state index is 0.314. The van der Waals surface area contributed by atoms with Gasteiger partial charge in [0.15, 0.2) is 0 Å². The highest BCUT2D eigenvalue weighted by Crippen LogP contribution is 2.23. The number of aryl methyl sites for hydroxylation is 2. The van der Waals surface area contributed by atoms with Crippen molar-refractivity contribution >= 4 is 0 Å². The predicted molar refractivity (Wildman–Crippen MR) is 71.1 cm³/mol. The molecular formula is C15H23NO. The molecule has 2 heteroatoms. The van der Waals surface area contributed by atoms with E-state index < -0.39 is 0 Å². The highest BCUT2D eigenvalue weighted by Gasteiger charge is 2.23. The van der Waals surface area contributed by atoms with Gasteiger partial charge in [-0.2, -0.15) is 0 Å². The second-order valence-electron chi connectivity index (χ2n) is 5.27. The molecule has 1 aliphatic heterocycles. The van der Waals surface area contributed by atoms with Crippen molar-refractivity contribution in [3.8, 4) is 0 Å². The number of rotatable bonds is 4. The minimum atomic E-state index is 0.314. The molecule has 0 spiro atoms. The maximum Gasteiger partial charge on any atom is 0.0445 e. The predicted octanol–water partition coefficient (Wildman–Crippen LogP) is 2.65. The van der Waals surface area contributed by atoms with Crippen LogP contribution < -0.4 is 0 Å². The molecule has 1 unspecified atom stereocenters. The van der Waals surface area contributed by atoms with Crippen molar-refractivity contribution in [2.45, 2.75) is 45.7 Å². The van der Waals surface area contributed by atoms with Crippen LogP contribution in [0.15, 0.2) is 18.2 Å². The molecule has 0 radical (unpaired) electrons. The van der Waals surface area contributed by atoms with Crippen molar-refractivity contribution in [1.82, 2.24) is 4.90 Å². The summed E-state index contributed by atoms with van der Waals surface area (Å²) in [5, 5.41) is 9.07. The van der Waals surface area contributed by atoms with Gasteiger partial charge >= 0.3 is 0 Å². The first-order valence-electron chi connectivity index (χ1n) is 6.61. The van der Waals surface area contributed by atoms with Crippen LogP contribution in [0, 0.1) is 13.8 Å². The van der Waals surface area contributed by atoms with Crippen molar-refractivity contribution in [2.24, 2.45) is 0 Å². The third-order valence-electron chi connectivity index (χ3n) is 3.63. The van der Waals surface area contributed by atoms with E-state index in [-0.39, 0.29) is 0 Å². The molecule has 1 aromatic rings. The molecule has 17 heavy (non-hydrogen) atoms. The lowest BCUT2D eigenvalue weighted by Crippen LogP contribution is -2.29. The zero-order chi connectivity index (χ0) is 12.3. The van der Waals surface area contributed by atoms with Gasteiger partial charge < -0.3 is 5.11 Å². The monoisotopic (exact) mass is 233 g/mol. The Morgan fingerprint density at radius 1 is 1.24 bits per heavy atom. The van der Waals surface area contributed by atoms with Crippen LogP contribution in [0.3, 0.4) is 0 Å². The second kappa shape index (κ2) is 5.65. The van der Waals surface area contributed by atoms with E-state index in [4.69, 9.17) is 5.11 Å². The quantitative estimate of drug-likeness (QED) is 0.864. The van der Waals surface area contributed by atoms with E-state index in [0.717, 1.165) is 13.0 Å². The van der Waals surface area contributed by atoms with E-state index in [2.05, 4.69) is 36.9 Å². The summed E-state index contributed by atoms with van der Waals surface area (Å²) in [5.41, 5.74) is 4.10. The van der Waals surface area contributed by atoms with Crippen molar-refractivity contribution in [3.05, 3.63) is 34.9 Å². The smallest absolute Gasteiger partial charge is 0.0445 e. The maximum atomic E-state index is 9.07. The van der Waals surface area contributed by atoms with Crippen molar-refractivity contribution in [3.63, 3.8) is 0 Å². The number of hydrogen-bond acceptors (Lipinski definition) is 2. The lowest BCUT2D eigenvalue weighted by molar-refractivity contribution is 0.190. The Bertz CT molecular complexity index is 355. The number of benzene rings is 1. The van der Waals surface area contributed by atoms with Crippen LogP contribution in [0.2, 0.25) is 0 Å². The summed E-state index contributed by atoms with van der Waals surface area (Å²) in [5.74, 6) is 0. The second-order valence-corrected chi connectivity index (χ2v) is 5.27. The highest BCUT2D eigenvalue weighted by atomic mass is 16.3. The Morgan fingerprint density at radius 2 is 1.94 bits per heavy atom. The minimum Gasteiger partial charge on any atom is -0.396 e. The van der Waals surface area contributed by atoms with Crippen LogP contribution in [0.1, 0.15) is 36.0 Å². The first-order valence-corrected chi connectivity index (χ1v) is 6.61. The standard InChI is InChI=1S/C15H23NO/c1-12-8-13(2)10-14(9-12)11-16-6-3-4-15(16)5-7-17/h8-10,15,17H,3-7,11H2,1-2H3. The summed E-state index contributed by atoms with van der Waals surface area (Å²) in [7, 11) is 0. The molecule has 0 amide bonds. The molecule has 0 aliphatic carbocycles. The molecule has 0 bridgehead atoms. The molecule has 2 rings (SSSR count). The van der Waals surface area contributed by atoms with Gasteiger partial charge in [0.2, 0.25) is 0 Å². The molecule has 0 saturated carbocycles. The van der Waals surface area contributed by atoms with Gasteiger partial charge in [0.25, 0.3) is 0 Å². The van der Waals surface area contributed by atoms with Gasteiger partial charge in [0.1, 0.15) is 0 Å². The third kappa shape index (κ3) is 3.30. The van der Waals surface area contributed by atoms with Gasteiger partial charge in [0, 0.05) is 19.2 Å². The van der Waals surface area contributed by atoms with Gasteiger partial charge in [0.05, 0.1) is 0 Å². The SMILES string of the molecule is Cc1cc(C)cc(CN2CCCC2CCO)c1. The van der Waals surface area contributed by atoms with Crippen molar-refractivity contribution < 1.29 is 5.11 Å². The fourth-order valence-corrected chi connectivity index (χ4v) is 2.97.